The number of unbranched alkanes of at least 4 members (excludes halogenated alkanes) is 2. The van der Waals surface area contributed by atoms with E-state index in [0.29, 0.717) is 18.4 Å². The number of carbonyl (C=O) groups is 4. The van der Waals surface area contributed by atoms with Gasteiger partial charge in [-0.15, -0.1) is 0 Å². The van der Waals surface area contributed by atoms with Crippen LogP contribution in [0.3, 0.4) is 0 Å². The summed E-state index contributed by atoms with van der Waals surface area (Å²) in [5.41, 5.74) is 5.43. The van der Waals surface area contributed by atoms with Gasteiger partial charge >= 0.3 is 29.4 Å². The number of aliphatic hydroxyl groups excluding tert-OH is 3. The first kappa shape index (κ1) is 63.6. The number of para-hydroxylation sites is 1. The number of aromatic nitrogens is 5. The number of anilines is 1. The SMILES string of the molecule is C[C@H](CCCC/C=C/C(=O)SCCNC(=O)CCNC(=O)[C@H](O)C(C)(C)COP(=O)(O)OP(=O)(O)OC[C@H]1O[C@@H](n2cnc3c(N)ncnc32)[C@H](O)[C@@H]1OP(=O)(O)O)O[C@@H]1O[C@@H](C)[C@H](OC(=O)c2c[nH]c3ccccc23)C[C@H]1O. The molecule has 1 aromatic carbocycles. The molecule has 0 saturated carbocycles. The lowest BCUT2D eigenvalue weighted by Gasteiger charge is -2.38. The van der Waals surface area contributed by atoms with Crippen LogP contribution >= 0.6 is 35.2 Å². The predicted octanol–water partition coefficient (Wildman–Crippen LogP) is 2.39. The first-order chi connectivity index (χ1) is 37.1. The Balaban J connectivity index is 0.805. The Hall–Kier alpha value is -4.59. The highest BCUT2D eigenvalue weighted by Crippen LogP contribution is 2.61. The number of carbonyl (C=O) groups excluding carboxylic acids is 4. The number of phosphoric ester groups is 3. The summed E-state index contributed by atoms with van der Waals surface area (Å²) in [7, 11) is -16.5. The first-order valence-corrected chi connectivity index (χ1v) is 30.1. The molecule has 3 aromatic heterocycles. The van der Waals surface area contributed by atoms with E-state index in [2.05, 4.69) is 39.4 Å². The summed E-state index contributed by atoms with van der Waals surface area (Å²) < 4.78 is 80.1. The van der Waals surface area contributed by atoms with Gasteiger partial charge in [0.2, 0.25) is 16.9 Å². The van der Waals surface area contributed by atoms with Crippen LogP contribution in [0, 0.1) is 5.41 Å². The van der Waals surface area contributed by atoms with Gasteiger partial charge in [-0.25, -0.2) is 33.4 Å². The number of hydrogen-bond donors (Lipinski definition) is 11. The number of nitrogens with zero attached hydrogens (tertiary/aromatic N) is 4. The molecular formula is C45H65N8O22P3S. The number of ether oxygens (including phenoxy) is 4. The van der Waals surface area contributed by atoms with Crippen LogP contribution in [0.5, 0.6) is 0 Å². The van der Waals surface area contributed by atoms with Gasteiger partial charge in [-0.3, -0.25) is 32.5 Å². The van der Waals surface area contributed by atoms with Crippen LogP contribution in [-0.2, 0) is 64.9 Å². The summed E-state index contributed by atoms with van der Waals surface area (Å²) in [6.07, 6.45) is -2.63. The lowest BCUT2D eigenvalue weighted by molar-refractivity contribution is -0.273. The zero-order chi connectivity index (χ0) is 57.9. The number of thioether (sulfide) groups is 1. The molecule has 0 bridgehead atoms. The Kier molecular flexibility index (Phi) is 22.5. The van der Waals surface area contributed by atoms with Gasteiger partial charge in [0.25, 0.3) is 0 Å². The number of nitrogens with two attached hydrogens (primary N) is 1. The fourth-order valence-corrected chi connectivity index (χ4v) is 11.6. The second kappa shape index (κ2) is 27.9. The molecule has 6 rings (SSSR count). The summed E-state index contributed by atoms with van der Waals surface area (Å²) in [6, 6.07) is 7.37. The van der Waals surface area contributed by atoms with E-state index < -0.39 is 115 Å². The van der Waals surface area contributed by atoms with E-state index in [1.54, 1.807) is 19.2 Å². The fraction of sp³-hybridized carbons (Fsp3) is 0.578. The van der Waals surface area contributed by atoms with E-state index in [1.807, 2.05) is 31.2 Å². The standard InChI is InChI=1S/C45H65N8O22P3S/c1-25(70-44-30(54)19-31(26(2)71-44)73-43(60)28-20-49-29-13-10-9-12-27(28)29)11-7-5-6-8-14-34(56)79-18-17-47-33(55)15-16-48-41(59)38(58)45(3,4)22-69-78(66,67)75-77(64,65)68-21-32-37(74-76(61,62)63)36(57)42(72-32)53-24-52-35-39(46)50-23-51-40(35)53/h8-10,12-14,20,23-26,30-32,36-38,42,44,49,54,57-58H,5-7,11,15-19,21-22H2,1-4H3,(H,47,55)(H,48,59)(H,64,65)(H,66,67)(H2,46,50,51)(H2,61,62,63)/b14-8+/t25-,26+,30-,31-,32-,36-,37-,38+,42-,44-/m1/s1. The number of nitrogen functional groups attached to an aromatic ring is 1. The Bertz CT molecular complexity index is 2930. The molecule has 0 aliphatic carbocycles. The second-order valence-corrected chi connectivity index (χ2v) is 24.4. The topological polar surface area (TPSA) is 444 Å². The molecule has 12 atom stereocenters. The maximum Gasteiger partial charge on any atom is 0.481 e. The quantitative estimate of drug-likeness (QED) is 0.0161. The molecule has 30 nitrogen and oxygen atoms in total. The van der Waals surface area contributed by atoms with E-state index >= 15 is 0 Å². The van der Waals surface area contributed by atoms with Crippen molar-refractivity contribution in [3.63, 3.8) is 0 Å². The number of rotatable bonds is 29. The normalized spacial score (nSPS) is 24.2. The van der Waals surface area contributed by atoms with Crippen molar-refractivity contribution >= 4 is 86.0 Å². The molecule has 2 fully saturated rings. The van der Waals surface area contributed by atoms with Crippen molar-refractivity contribution in [2.45, 2.75) is 128 Å². The van der Waals surface area contributed by atoms with Crippen molar-refractivity contribution in [1.29, 1.82) is 0 Å². The molecule has 4 aromatic rings. The molecule has 2 aliphatic heterocycles. The number of H-pyrrole nitrogens is 1. The van der Waals surface area contributed by atoms with Crippen molar-refractivity contribution in [3.8, 4) is 0 Å². The van der Waals surface area contributed by atoms with Crippen LogP contribution in [0.1, 0.15) is 82.8 Å². The van der Waals surface area contributed by atoms with Crippen LogP contribution < -0.4 is 16.4 Å². The highest BCUT2D eigenvalue weighted by molar-refractivity contribution is 8.14. The third-order valence-electron chi connectivity index (χ3n) is 12.3. The lowest BCUT2D eigenvalue weighted by atomic mass is 9.87. The largest absolute Gasteiger partial charge is 0.481 e. The molecule has 34 heteroatoms. The van der Waals surface area contributed by atoms with Crippen molar-refractivity contribution in [2.75, 3.05) is 37.8 Å². The van der Waals surface area contributed by atoms with Crippen molar-refractivity contribution in [2.24, 2.45) is 5.41 Å². The molecule has 0 spiro atoms. The zero-order valence-corrected chi connectivity index (χ0v) is 46.6. The van der Waals surface area contributed by atoms with Crippen LogP contribution in [0.15, 0.2) is 55.3 Å². The zero-order valence-electron chi connectivity index (χ0n) is 43.1. The van der Waals surface area contributed by atoms with Gasteiger partial charge in [0.05, 0.1) is 37.3 Å². The molecule has 12 N–H and O–H groups in total. The molecule has 2 unspecified atom stereocenters. The fourth-order valence-electron chi connectivity index (χ4n) is 8.14. The summed E-state index contributed by atoms with van der Waals surface area (Å²) in [6.45, 7) is 3.94. The number of hydrogen-bond acceptors (Lipinski definition) is 23. The Morgan fingerprint density at radius 2 is 1.75 bits per heavy atom. The van der Waals surface area contributed by atoms with Crippen LogP contribution in [0.4, 0.5) is 5.82 Å². The van der Waals surface area contributed by atoms with E-state index in [1.165, 1.54) is 19.9 Å². The highest BCUT2D eigenvalue weighted by atomic mass is 32.2. The summed E-state index contributed by atoms with van der Waals surface area (Å²) in [4.78, 5) is 105. The summed E-state index contributed by atoms with van der Waals surface area (Å²) >= 11 is 0.988. The highest BCUT2D eigenvalue weighted by Gasteiger charge is 2.50. The first-order valence-electron chi connectivity index (χ1n) is 24.6. The molecule has 5 heterocycles. The van der Waals surface area contributed by atoms with Crippen molar-refractivity contribution in [3.05, 3.63) is 60.8 Å². The number of esters is 1. The summed E-state index contributed by atoms with van der Waals surface area (Å²) in [5, 5.41) is 37.9. The molecular weight excluding hydrogens is 1130 g/mol. The van der Waals surface area contributed by atoms with E-state index in [4.69, 9.17) is 33.7 Å². The number of aromatic amines is 1. The van der Waals surface area contributed by atoms with Gasteiger partial charge in [-0.2, -0.15) is 4.31 Å². The number of phosphoric acid groups is 3. The smallest absolute Gasteiger partial charge is 0.456 e. The third-order valence-corrected chi connectivity index (χ3v) is 16.3. The Labute approximate surface area is 455 Å². The minimum absolute atomic E-state index is 0.0191. The predicted molar refractivity (Wildman–Crippen MR) is 278 cm³/mol. The van der Waals surface area contributed by atoms with Gasteiger partial charge in [-0.05, 0) is 45.3 Å². The van der Waals surface area contributed by atoms with E-state index in [-0.39, 0.29) is 59.9 Å². The number of allylic oxidation sites excluding steroid dienone is 1. The average molecular weight is 1200 g/mol. The van der Waals surface area contributed by atoms with Crippen LogP contribution in [0.2, 0.25) is 0 Å². The number of fused-ring (bicyclic) bond motifs is 2. The van der Waals surface area contributed by atoms with Crippen molar-refractivity contribution in [1.82, 2.24) is 35.1 Å². The van der Waals surface area contributed by atoms with E-state index in [0.717, 1.165) is 52.7 Å². The molecule has 2 aliphatic rings. The van der Waals surface area contributed by atoms with Gasteiger partial charge in [-0.1, -0.05) is 56.3 Å². The number of amides is 2. The molecule has 0 radical (unpaired) electrons. The van der Waals surface area contributed by atoms with Gasteiger partial charge in [0.1, 0.15) is 48.5 Å². The minimum atomic E-state index is -5.61. The second-order valence-electron chi connectivity index (χ2n) is 19.1. The van der Waals surface area contributed by atoms with Crippen LogP contribution in [0.25, 0.3) is 22.1 Å². The van der Waals surface area contributed by atoms with E-state index in [9.17, 15) is 67.8 Å². The number of imidazole rings is 1. The lowest BCUT2D eigenvalue weighted by Crippen LogP contribution is -2.49. The molecule has 438 valence electrons. The Morgan fingerprint density at radius 3 is 2.49 bits per heavy atom. The molecule has 2 amide bonds. The maximum atomic E-state index is 12.9. The number of nitrogens with one attached hydrogen (secondary N) is 3. The Morgan fingerprint density at radius 1 is 1.01 bits per heavy atom. The number of aliphatic hydroxyl groups is 3. The van der Waals surface area contributed by atoms with Gasteiger partial charge in [0.15, 0.2) is 24.0 Å². The van der Waals surface area contributed by atoms with Gasteiger partial charge in [0, 0.05) is 54.2 Å². The molecule has 2 saturated heterocycles. The summed E-state index contributed by atoms with van der Waals surface area (Å²) in [5.74, 6) is -1.80. The monoisotopic (exact) mass is 1190 g/mol. The third kappa shape index (κ3) is 18.5. The van der Waals surface area contributed by atoms with Gasteiger partial charge < -0.3 is 75.2 Å². The molecule has 79 heavy (non-hydrogen) atoms. The van der Waals surface area contributed by atoms with Crippen molar-refractivity contribution < 1.29 is 105 Å². The van der Waals surface area contributed by atoms with Crippen LogP contribution in [-0.4, -0.2) is 169 Å². The average Bonchev–Trinajstić information content (AvgIpc) is 4.33. The maximum absolute atomic E-state index is 12.9. The minimum Gasteiger partial charge on any atom is -0.456 e. The number of benzene rings is 1.